The van der Waals surface area contributed by atoms with E-state index >= 15 is 0 Å². The van der Waals surface area contributed by atoms with E-state index in [1.54, 1.807) is 0 Å². The number of nitrogen functional groups attached to an aromatic ring is 1. The van der Waals surface area contributed by atoms with Gasteiger partial charge in [0.1, 0.15) is 0 Å². The van der Waals surface area contributed by atoms with Crippen LogP contribution >= 0.6 is 0 Å². The van der Waals surface area contributed by atoms with Crippen molar-refractivity contribution in [1.29, 1.82) is 0 Å². The summed E-state index contributed by atoms with van der Waals surface area (Å²) < 4.78 is 26.2. The Hall–Kier alpha value is -1.11. The fourth-order valence-electron chi connectivity index (χ4n) is 1.72. The highest BCUT2D eigenvalue weighted by atomic mass is 32.2. The average Bonchev–Trinajstić information content (AvgIpc) is 2.24. The van der Waals surface area contributed by atoms with Crippen molar-refractivity contribution >= 4 is 15.7 Å². The topological polar surface area (TPSA) is 92.4 Å². The molecule has 0 spiro atoms. The van der Waals surface area contributed by atoms with Crippen molar-refractivity contribution in [2.24, 2.45) is 0 Å². The summed E-state index contributed by atoms with van der Waals surface area (Å²) in [5.74, 6) is 0. The molecule has 0 amide bonds. The molecule has 17 heavy (non-hydrogen) atoms. The van der Waals surface area contributed by atoms with E-state index in [-0.39, 0.29) is 11.4 Å². The zero-order chi connectivity index (χ0) is 12.5. The highest BCUT2D eigenvalue weighted by molar-refractivity contribution is 7.89. The first-order valence-electron chi connectivity index (χ1n) is 5.49. The molecule has 4 N–H and O–H groups in total. The Morgan fingerprint density at radius 1 is 1.29 bits per heavy atom. The molecule has 0 radical (unpaired) electrons. The maximum atomic E-state index is 11.9. The van der Waals surface area contributed by atoms with Crippen molar-refractivity contribution in [3.05, 3.63) is 24.3 Å². The number of nitrogens with one attached hydrogen (secondary N) is 1. The second-order valence-electron chi connectivity index (χ2n) is 4.47. The van der Waals surface area contributed by atoms with Crippen molar-refractivity contribution < 1.29 is 13.5 Å². The monoisotopic (exact) mass is 256 g/mol. The SMILES string of the molecule is Nc1ccc(S(=O)(=O)NCC2(O)CCC2)cc1. The number of nitrogens with two attached hydrogens (primary N) is 1. The fourth-order valence-corrected chi connectivity index (χ4v) is 2.84. The van der Waals surface area contributed by atoms with Gasteiger partial charge in [-0.3, -0.25) is 0 Å². The van der Waals surface area contributed by atoms with Gasteiger partial charge in [-0.2, -0.15) is 0 Å². The minimum atomic E-state index is -3.55. The van der Waals surface area contributed by atoms with Crippen molar-refractivity contribution in [3.8, 4) is 0 Å². The number of anilines is 1. The summed E-state index contributed by atoms with van der Waals surface area (Å²) in [6, 6.07) is 5.96. The molecule has 1 fully saturated rings. The van der Waals surface area contributed by atoms with Gasteiger partial charge in [-0.25, -0.2) is 13.1 Å². The third kappa shape index (κ3) is 2.77. The van der Waals surface area contributed by atoms with Gasteiger partial charge in [-0.1, -0.05) is 0 Å². The first kappa shape index (κ1) is 12.3. The van der Waals surface area contributed by atoms with Gasteiger partial charge >= 0.3 is 0 Å². The second kappa shape index (κ2) is 4.29. The maximum Gasteiger partial charge on any atom is 0.240 e. The lowest BCUT2D eigenvalue weighted by Crippen LogP contribution is -2.47. The third-order valence-corrected chi connectivity index (χ3v) is 4.48. The van der Waals surface area contributed by atoms with Crippen LogP contribution in [0.2, 0.25) is 0 Å². The van der Waals surface area contributed by atoms with E-state index in [0.29, 0.717) is 18.5 Å². The van der Waals surface area contributed by atoms with Gasteiger partial charge < -0.3 is 10.8 Å². The van der Waals surface area contributed by atoms with Crippen LogP contribution in [-0.4, -0.2) is 25.7 Å². The predicted molar refractivity (Wildman–Crippen MR) is 64.8 cm³/mol. The minimum absolute atomic E-state index is 0.0692. The maximum absolute atomic E-state index is 11.9. The van der Waals surface area contributed by atoms with Crippen LogP contribution in [0.5, 0.6) is 0 Å². The number of sulfonamides is 1. The highest BCUT2D eigenvalue weighted by Crippen LogP contribution is 2.31. The van der Waals surface area contributed by atoms with Crippen LogP contribution in [0.25, 0.3) is 0 Å². The summed E-state index contributed by atoms with van der Waals surface area (Å²) in [5, 5.41) is 9.82. The van der Waals surface area contributed by atoms with Crippen LogP contribution < -0.4 is 10.5 Å². The summed E-state index contributed by atoms with van der Waals surface area (Å²) in [7, 11) is -3.55. The molecule has 6 heteroatoms. The standard InChI is InChI=1S/C11H16N2O3S/c12-9-2-4-10(5-3-9)17(15,16)13-8-11(14)6-1-7-11/h2-5,13-14H,1,6-8,12H2. The number of aliphatic hydroxyl groups is 1. The van der Waals surface area contributed by atoms with Crippen LogP contribution in [0.1, 0.15) is 19.3 Å². The number of hydrogen-bond donors (Lipinski definition) is 3. The molecular weight excluding hydrogens is 240 g/mol. The van der Waals surface area contributed by atoms with E-state index in [1.807, 2.05) is 0 Å². The number of hydrogen-bond acceptors (Lipinski definition) is 4. The molecule has 0 heterocycles. The molecule has 2 rings (SSSR count). The molecule has 1 aliphatic rings. The Bertz CT molecular complexity index is 492. The van der Waals surface area contributed by atoms with Crippen LogP contribution in [0.3, 0.4) is 0 Å². The molecule has 1 aromatic rings. The molecule has 0 aromatic heterocycles. The molecule has 0 atom stereocenters. The van der Waals surface area contributed by atoms with E-state index < -0.39 is 15.6 Å². The molecule has 5 nitrogen and oxygen atoms in total. The average molecular weight is 256 g/mol. The predicted octanol–water partition coefficient (Wildman–Crippen LogP) is 0.462. The van der Waals surface area contributed by atoms with Crippen LogP contribution in [0, 0.1) is 0 Å². The van der Waals surface area contributed by atoms with Crippen LogP contribution in [0.15, 0.2) is 29.2 Å². The zero-order valence-corrected chi connectivity index (χ0v) is 10.2. The summed E-state index contributed by atoms with van der Waals surface area (Å²) >= 11 is 0. The van der Waals surface area contributed by atoms with E-state index in [2.05, 4.69) is 4.72 Å². The molecule has 94 valence electrons. The van der Waals surface area contributed by atoms with E-state index in [9.17, 15) is 13.5 Å². The lowest BCUT2D eigenvalue weighted by Gasteiger charge is -2.36. The Morgan fingerprint density at radius 2 is 1.88 bits per heavy atom. The Morgan fingerprint density at radius 3 is 2.35 bits per heavy atom. The quantitative estimate of drug-likeness (QED) is 0.682. The lowest BCUT2D eigenvalue weighted by molar-refractivity contribution is -0.0270. The normalized spacial score (nSPS) is 18.6. The van der Waals surface area contributed by atoms with Gasteiger partial charge in [0, 0.05) is 12.2 Å². The second-order valence-corrected chi connectivity index (χ2v) is 6.24. The van der Waals surface area contributed by atoms with Gasteiger partial charge in [0.25, 0.3) is 0 Å². The zero-order valence-electron chi connectivity index (χ0n) is 9.39. The van der Waals surface area contributed by atoms with Gasteiger partial charge in [0.05, 0.1) is 10.5 Å². The Kier molecular flexibility index (Phi) is 3.11. The lowest BCUT2D eigenvalue weighted by atomic mass is 9.81. The van der Waals surface area contributed by atoms with Gasteiger partial charge in [-0.05, 0) is 43.5 Å². The van der Waals surface area contributed by atoms with E-state index in [4.69, 9.17) is 5.73 Å². The van der Waals surface area contributed by atoms with Crippen molar-refractivity contribution in [3.63, 3.8) is 0 Å². The smallest absolute Gasteiger partial charge is 0.240 e. The van der Waals surface area contributed by atoms with Crippen molar-refractivity contribution in [1.82, 2.24) is 4.72 Å². The summed E-state index contributed by atoms with van der Waals surface area (Å²) in [6.07, 6.45) is 2.24. The van der Waals surface area contributed by atoms with Crippen molar-refractivity contribution in [2.45, 2.75) is 29.8 Å². The van der Waals surface area contributed by atoms with E-state index in [0.717, 1.165) is 6.42 Å². The molecule has 1 aromatic carbocycles. The first-order chi connectivity index (χ1) is 7.91. The Labute approximate surface area is 101 Å². The molecule has 0 saturated heterocycles. The summed E-state index contributed by atoms with van der Waals surface area (Å²) in [4.78, 5) is 0.162. The molecular formula is C11H16N2O3S. The van der Waals surface area contributed by atoms with Gasteiger partial charge in [0.2, 0.25) is 10.0 Å². The van der Waals surface area contributed by atoms with Crippen LogP contribution in [0.4, 0.5) is 5.69 Å². The van der Waals surface area contributed by atoms with E-state index in [1.165, 1.54) is 24.3 Å². The largest absolute Gasteiger partial charge is 0.399 e. The summed E-state index contributed by atoms with van der Waals surface area (Å²) in [5.41, 5.74) is 5.14. The summed E-state index contributed by atoms with van der Waals surface area (Å²) in [6.45, 7) is 0.0692. The number of benzene rings is 1. The molecule has 0 bridgehead atoms. The van der Waals surface area contributed by atoms with Crippen LogP contribution in [-0.2, 0) is 10.0 Å². The van der Waals surface area contributed by atoms with Gasteiger partial charge in [0.15, 0.2) is 0 Å². The molecule has 1 saturated carbocycles. The van der Waals surface area contributed by atoms with Gasteiger partial charge in [-0.15, -0.1) is 0 Å². The highest BCUT2D eigenvalue weighted by Gasteiger charge is 2.35. The molecule has 0 unspecified atom stereocenters. The Balaban J connectivity index is 2.06. The minimum Gasteiger partial charge on any atom is -0.399 e. The third-order valence-electron chi connectivity index (χ3n) is 3.07. The fraction of sp³-hybridized carbons (Fsp3) is 0.455. The molecule has 0 aliphatic heterocycles. The molecule has 1 aliphatic carbocycles. The number of rotatable bonds is 4. The van der Waals surface area contributed by atoms with Crippen molar-refractivity contribution in [2.75, 3.05) is 12.3 Å². The first-order valence-corrected chi connectivity index (χ1v) is 6.97.